The van der Waals surface area contributed by atoms with Crippen LogP contribution in [-0.2, 0) is 4.74 Å². The maximum atomic E-state index is 9.54. The van der Waals surface area contributed by atoms with Crippen molar-refractivity contribution in [3.8, 4) is 0 Å². The van der Waals surface area contributed by atoms with Crippen LogP contribution in [-0.4, -0.2) is 18.4 Å². The summed E-state index contributed by atoms with van der Waals surface area (Å²) in [7, 11) is 1.47. The first kappa shape index (κ1) is 9.19. The fraction of sp³-hybridized carbons (Fsp3) is 0.333. The zero-order valence-corrected chi connectivity index (χ0v) is 6.97. The van der Waals surface area contributed by atoms with Crippen molar-refractivity contribution in [2.75, 3.05) is 7.11 Å². The van der Waals surface area contributed by atoms with Crippen molar-refractivity contribution in [3.05, 3.63) is 35.9 Å². The Labute approximate surface area is 71.8 Å². The van der Waals surface area contributed by atoms with E-state index in [2.05, 4.69) is 0 Å². The van der Waals surface area contributed by atoms with Gasteiger partial charge >= 0.3 is 0 Å². The minimum absolute atomic E-state index is 0.660. The average molecular weight is 167 g/mol. The Morgan fingerprint density at radius 2 is 1.92 bits per heavy atom. The minimum atomic E-state index is -0.754. The number of nitrogens with two attached hydrogens (primary N) is 1. The van der Waals surface area contributed by atoms with Gasteiger partial charge in [0.2, 0.25) is 0 Å². The monoisotopic (exact) mass is 167 g/mol. The summed E-state index contributed by atoms with van der Waals surface area (Å²) >= 11 is 0. The third-order valence-corrected chi connectivity index (χ3v) is 1.72. The summed E-state index contributed by atoms with van der Waals surface area (Å²) in [5.41, 5.74) is 6.25. The van der Waals surface area contributed by atoms with E-state index in [0.29, 0.717) is 0 Å². The van der Waals surface area contributed by atoms with Gasteiger partial charge in [-0.05, 0) is 5.56 Å². The zero-order valence-electron chi connectivity index (χ0n) is 6.97. The van der Waals surface area contributed by atoms with Gasteiger partial charge in [-0.15, -0.1) is 0 Å². The third kappa shape index (κ3) is 2.04. The lowest BCUT2D eigenvalue weighted by molar-refractivity contribution is -0.00897. The number of aliphatic hydroxyl groups excluding tert-OH is 1. The second-order valence-corrected chi connectivity index (χ2v) is 2.56. The fourth-order valence-electron chi connectivity index (χ4n) is 0.969. The Balaban J connectivity index is 2.71. The molecule has 1 aromatic carbocycles. The Morgan fingerprint density at radius 3 is 2.42 bits per heavy atom. The van der Waals surface area contributed by atoms with Crippen molar-refractivity contribution in [2.45, 2.75) is 12.3 Å². The molecule has 0 aliphatic rings. The summed E-state index contributed by atoms with van der Waals surface area (Å²) in [6, 6.07) is 9.20. The van der Waals surface area contributed by atoms with Gasteiger partial charge in [0.1, 0.15) is 12.3 Å². The van der Waals surface area contributed by atoms with Gasteiger partial charge in [-0.25, -0.2) is 0 Å². The van der Waals surface area contributed by atoms with Gasteiger partial charge in [0.15, 0.2) is 0 Å². The van der Waals surface area contributed by atoms with Crippen molar-refractivity contribution in [1.82, 2.24) is 0 Å². The van der Waals surface area contributed by atoms with E-state index in [4.69, 9.17) is 10.5 Å². The summed E-state index contributed by atoms with van der Waals surface area (Å²) in [5, 5.41) is 9.54. The lowest BCUT2D eigenvalue weighted by Crippen LogP contribution is -2.29. The SMILES string of the molecule is COC(N)C(O)c1ccccc1. The highest BCUT2D eigenvalue weighted by Gasteiger charge is 2.14. The third-order valence-electron chi connectivity index (χ3n) is 1.72. The Morgan fingerprint density at radius 1 is 1.33 bits per heavy atom. The summed E-state index contributed by atoms with van der Waals surface area (Å²) < 4.78 is 4.79. The first-order valence-corrected chi connectivity index (χ1v) is 3.77. The normalized spacial score (nSPS) is 15.6. The predicted molar refractivity (Wildman–Crippen MR) is 46.4 cm³/mol. The van der Waals surface area contributed by atoms with Crippen LogP contribution >= 0.6 is 0 Å². The molecule has 3 heteroatoms. The Bertz CT molecular complexity index is 225. The molecule has 0 saturated carbocycles. The highest BCUT2D eigenvalue weighted by Crippen LogP contribution is 2.14. The fourth-order valence-corrected chi connectivity index (χ4v) is 0.969. The number of hydrogen-bond donors (Lipinski definition) is 2. The van der Waals surface area contributed by atoms with Crippen molar-refractivity contribution in [2.24, 2.45) is 5.73 Å². The number of hydrogen-bond acceptors (Lipinski definition) is 3. The molecule has 0 aliphatic heterocycles. The van der Waals surface area contributed by atoms with Crippen molar-refractivity contribution in [1.29, 1.82) is 0 Å². The highest BCUT2D eigenvalue weighted by molar-refractivity contribution is 5.17. The number of rotatable bonds is 3. The summed E-state index contributed by atoms with van der Waals surface area (Å²) in [6.45, 7) is 0. The Hall–Kier alpha value is -0.900. The zero-order chi connectivity index (χ0) is 8.97. The van der Waals surface area contributed by atoms with Crippen LogP contribution in [0, 0.1) is 0 Å². The van der Waals surface area contributed by atoms with E-state index in [1.54, 1.807) is 0 Å². The van der Waals surface area contributed by atoms with Crippen LogP contribution in [0.25, 0.3) is 0 Å². The van der Waals surface area contributed by atoms with Gasteiger partial charge in [0.25, 0.3) is 0 Å². The van der Waals surface area contributed by atoms with Gasteiger partial charge in [-0.1, -0.05) is 30.3 Å². The predicted octanol–water partition coefficient (Wildman–Crippen LogP) is 0.651. The molecule has 0 spiro atoms. The molecule has 0 amide bonds. The van der Waals surface area contributed by atoms with Crippen LogP contribution in [0.3, 0.4) is 0 Å². The standard InChI is InChI=1S/C9H13NO2/c1-12-9(10)8(11)7-5-3-2-4-6-7/h2-6,8-9,11H,10H2,1H3. The summed E-state index contributed by atoms with van der Waals surface area (Å²) in [5.74, 6) is 0. The molecule has 0 saturated heterocycles. The quantitative estimate of drug-likeness (QED) is 0.650. The molecule has 3 N–H and O–H groups in total. The lowest BCUT2D eigenvalue weighted by Gasteiger charge is -2.16. The molecule has 12 heavy (non-hydrogen) atoms. The van der Waals surface area contributed by atoms with Crippen LogP contribution in [0.5, 0.6) is 0 Å². The first-order chi connectivity index (χ1) is 5.75. The number of methoxy groups -OCH3 is 1. The van der Waals surface area contributed by atoms with E-state index >= 15 is 0 Å². The van der Waals surface area contributed by atoms with Crippen molar-refractivity contribution in [3.63, 3.8) is 0 Å². The van der Waals surface area contributed by atoms with E-state index in [1.807, 2.05) is 30.3 Å². The molecule has 1 rings (SSSR count). The summed E-state index contributed by atoms with van der Waals surface area (Å²) in [4.78, 5) is 0. The molecule has 0 aromatic heterocycles. The van der Waals surface area contributed by atoms with Gasteiger partial charge in [-0.2, -0.15) is 0 Å². The molecule has 0 radical (unpaired) electrons. The summed E-state index contributed by atoms with van der Waals surface area (Å²) in [6.07, 6.45) is -1.41. The largest absolute Gasteiger partial charge is 0.384 e. The molecule has 0 heterocycles. The molecular formula is C9H13NO2. The smallest absolute Gasteiger partial charge is 0.135 e. The van der Waals surface area contributed by atoms with E-state index in [1.165, 1.54) is 7.11 Å². The van der Waals surface area contributed by atoms with E-state index in [0.717, 1.165) is 5.56 Å². The average Bonchev–Trinajstić information content (AvgIpc) is 2.17. The molecule has 0 bridgehead atoms. The van der Waals surface area contributed by atoms with E-state index in [9.17, 15) is 5.11 Å². The van der Waals surface area contributed by atoms with E-state index < -0.39 is 12.3 Å². The number of benzene rings is 1. The van der Waals surface area contributed by atoms with E-state index in [-0.39, 0.29) is 0 Å². The molecule has 0 aliphatic carbocycles. The van der Waals surface area contributed by atoms with Crippen LogP contribution < -0.4 is 5.73 Å². The van der Waals surface area contributed by atoms with Crippen LogP contribution in [0.2, 0.25) is 0 Å². The lowest BCUT2D eigenvalue weighted by atomic mass is 10.1. The topological polar surface area (TPSA) is 55.5 Å². The molecule has 2 unspecified atom stereocenters. The first-order valence-electron chi connectivity index (χ1n) is 3.77. The second kappa shape index (κ2) is 4.21. The van der Waals surface area contributed by atoms with Gasteiger partial charge in [0.05, 0.1) is 0 Å². The maximum absolute atomic E-state index is 9.54. The van der Waals surface area contributed by atoms with Crippen LogP contribution in [0.15, 0.2) is 30.3 Å². The van der Waals surface area contributed by atoms with Gasteiger partial charge in [-0.3, -0.25) is 0 Å². The van der Waals surface area contributed by atoms with Gasteiger partial charge < -0.3 is 15.6 Å². The molecule has 66 valence electrons. The molecule has 0 fully saturated rings. The van der Waals surface area contributed by atoms with Crippen molar-refractivity contribution >= 4 is 0 Å². The number of ether oxygens (including phenoxy) is 1. The molecule has 3 nitrogen and oxygen atoms in total. The maximum Gasteiger partial charge on any atom is 0.135 e. The molecular weight excluding hydrogens is 154 g/mol. The van der Waals surface area contributed by atoms with Crippen LogP contribution in [0.1, 0.15) is 11.7 Å². The van der Waals surface area contributed by atoms with Gasteiger partial charge in [0, 0.05) is 7.11 Å². The molecule has 1 aromatic rings. The minimum Gasteiger partial charge on any atom is -0.384 e. The highest BCUT2D eigenvalue weighted by atomic mass is 16.5. The second-order valence-electron chi connectivity index (χ2n) is 2.56. The van der Waals surface area contributed by atoms with Crippen LogP contribution in [0.4, 0.5) is 0 Å². The Kier molecular flexibility index (Phi) is 3.22. The number of aliphatic hydroxyl groups is 1. The molecule has 2 atom stereocenters. The van der Waals surface area contributed by atoms with Crippen molar-refractivity contribution < 1.29 is 9.84 Å².